The Morgan fingerprint density at radius 1 is 1.46 bits per heavy atom. The maximum Gasteiger partial charge on any atom is 0.139 e. The van der Waals surface area contributed by atoms with E-state index in [-0.39, 0.29) is 6.04 Å². The van der Waals surface area contributed by atoms with Crippen LogP contribution in [0.15, 0.2) is 12.1 Å². The second kappa shape index (κ2) is 4.32. The molecule has 0 aliphatic rings. The summed E-state index contributed by atoms with van der Waals surface area (Å²) in [6.45, 7) is 1.88. The molecule has 13 heavy (non-hydrogen) atoms. The fourth-order valence-electron chi connectivity index (χ4n) is 1.07. The first-order chi connectivity index (χ1) is 6.06. The van der Waals surface area contributed by atoms with Crippen LogP contribution in [0.3, 0.4) is 0 Å². The third kappa shape index (κ3) is 2.37. The predicted molar refractivity (Wildman–Crippen MR) is 56.3 cm³/mol. The van der Waals surface area contributed by atoms with Crippen molar-refractivity contribution in [1.82, 2.24) is 0 Å². The number of halogens is 3. The van der Waals surface area contributed by atoms with Crippen LogP contribution in [0.5, 0.6) is 0 Å². The SMILES string of the molecule is CC[C@@H](N)c1cc(F)cc(F)c1I. The van der Waals surface area contributed by atoms with Gasteiger partial charge in [-0.1, -0.05) is 6.92 Å². The Morgan fingerprint density at radius 2 is 2.08 bits per heavy atom. The van der Waals surface area contributed by atoms with Gasteiger partial charge in [0, 0.05) is 12.1 Å². The average molecular weight is 297 g/mol. The van der Waals surface area contributed by atoms with Crippen molar-refractivity contribution in [3.8, 4) is 0 Å². The molecule has 1 aromatic carbocycles. The molecule has 1 aromatic rings. The molecule has 0 heterocycles. The molecule has 0 saturated heterocycles. The number of nitrogens with two attached hydrogens (primary N) is 1. The molecule has 0 amide bonds. The molecule has 1 rings (SSSR count). The first-order valence-electron chi connectivity index (χ1n) is 3.96. The molecule has 72 valence electrons. The highest BCUT2D eigenvalue weighted by molar-refractivity contribution is 14.1. The quantitative estimate of drug-likeness (QED) is 0.659. The van der Waals surface area contributed by atoms with E-state index in [9.17, 15) is 8.78 Å². The van der Waals surface area contributed by atoms with E-state index in [0.717, 1.165) is 6.07 Å². The van der Waals surface area contributed by atoms with Crippen LogP contribution in [-0.2, 0) is 0 Å². The van der Waals surface area contributed by atoms with Gasteiger partial charge >= 0.3 is 0 Å². The van der Waals surface area contributed by atoms with Gasteiger partial charge in [0.15, 0.2) is 0 Å². The number of benzene rings is 1. The van der Waals surface area contributed by atoms with E-state index in [0.29, 0.717) is 15.6 Å². The van der Waals surface area contributed by atoms with Crippen LogP contribution in [0, 0.1) is 15.2 Å². The highest BCUT2D eigenvalue weighted by atomic mass is 127. The Morgan fingerprint density at radius 3 is 2.62 bits per heavy atom. The Bertz CT molecular complexity index is 315. The lowest BCUT2D eigenvalue weighted by Crippen LogP contribution is -2.11. The Balaban J connectivity index is 3.20. The van der Waals surface area contributed by atoms with E-state index in [1.807, 2.05) is 29.5 Å². The molecular weight excluding hydrogens is 287 g/mol. The third-order valence-electron chi connectivity index (χ3n) is 1.86. The average Bonchev–Trinajstić information content (AvgIpc) is 2.10. The van der Waals surface area contributed by atoms with Gasteiger partial charge < -0.3 is 5.73 Å². The minimum atomic E-state index is -0.572. The number of hydrogen-bond donors (Lipinski definition) is 1. The third-order valence-corrected chi connectivity index (χ3v) is 3.00. The second-order valence-corrected chi connectivity index (χ2v) is 3.88. The van der Waals surface area contributed by atoms with Crippen molar-refractivity contribution in [3.63, 3.8) is 0 Å². The minimum Gasteiger partial charge on any atom is -0.324 e. The second-order valence-electron chi connectivity index (χ2n) is 2.81. The molecule has 0 saturated carbocycles. The first kappa shape index (κ1) is 10.8. The van der Waals surface area contributed by atoms with Crippen LogP contribution >= 0.6 is 22.6 Å². The standard InChI is InChI=1S/C9H10F2IN/c1-2-8(13)6-3-5(10)4-7(11)9(6)12/h3-4,8H,2,13H2,1H3/t8-/m1/s1. The number of rotatable bonds is 2. The summed E-state index contributed by atoms with van der Waals surface area (Å²) in [7, 11) is 0. The van der Waals surface area contributed by atoms with E-state index in [1.54, 1.807) is 0 Å². The lowest BCUT2D eigenvalue weighted by atomic mass is 10.1. The van der Waals surface area contributed by atoms with Gasteiger partial charge in [0.1, 0.15) is 11.6 Å². The van der Waals surface area contributed by atoms with E-state index < -0.39 is 11.6 Å². The van der Waals surface area contributed by atoms with Crippen molar-refractivity contribution >= 4 is 22.6 Å². The van der Waals surface area contributed by atoms with Crippen molar-refractivity contribution in [2.24, 2.45) is 5.73 Å². The molecule has 1 atom stereocenters. The summed E-state index contributed by atoms with van der Waals surface area (Å²) in [5, 5.41) is 0. The molecule has 1 nitrogen and oxygen atoms in total. The van der Waals surface area contributed by atoms with Crippen molar-refractivity contribution < 1.29 is 8.78 Å². The van der Waals surface area contributed by atoms with E-state index in [1.165, 1.54) is 6.07 Å². The van der Waals surface area contributed by atoms with Crippen LogP contribution in [0.2, 0.25) is 0 Å². The van der Waals surface area contributed by atoms with Crippen molar-refractivity contribution in [3.05, 3.63) is 32.9 Å². The lowest BCUT2D eigenvalue weighted by molar-refractivity contribution is 0.565. The van der Waals surface area contributed by atoms with Gasteiger partial charge in [-0.15, -0.1) is 0 Å². The smallest absolute Gasteiger partial charge is 0.139 e. The molecule has 2 N–H and O–H groups in total. The van der Waals surface area contributed by atoms with E-state index in [2.05, 4.69) is 0 Å². The summed E-state index contributed by atoms with van der Waals surface area (Å²) in [6.07, 6.45) is 0.666. The van der Waals surface area contributed by atoms with Crippen LogP contribution in [0.1, 0.15) is 24.9 Å². The zero-order valence-electron chi connectivity index (χ0n) is 7.15. The van der Waals surface area contributed by atoms with Gasteiger partial charge in [-0.3, -0.25) is 0 Å². The van der Waals surface area contributed by atoms with Crippen molar-refractivity contribution in [2.75, 3.05) is 0 Å². The zero-order valence-corrected chi connectivity index (χ0v) is 9.31. The predicted octanol–water partition coefficient (Wildman–Crippen LogP) is 2.98. The highest BCUT2D eigenvalue weighted by Crippen LogP contribution is 2.24. The topological polar surface area (TPSA) is 26.0 Å². The van der Waals surface area contributed by atoms with Crippen LogP contribution in [-0.4, -0.2) is 0 Å². The highest BCUT2D eigenvalue weighted by Gasteiger charge is 2.13. The van der Waals surface area contributed by atoms with Crippen LogP contribution < -0.4 is 5.73 Å². The fraction of sp³-hybridized carbons (Fsp3) is 0.333. The monoisotopic (exact) mass is 297 g/mol. The molecule has 0 aliphatic heterocycles. The largest absolute Gasteiger partial charge is 0.324 e. The summed E-state index contributed by atoms with van der Waals surface area (Å²) in [5.41, 5.74) is 6.24. The van der Waals surface area contributed by atoms with Crippen molar-refractivity contribution in [2.45, 2.75) is 19.4 Å². The molecule has 0 spiro atoms. The Hall–Kier alpha value is -0.230. The molecule has 0 aromatic heterocycles. The fourth-order valence-corrected chi connectivity index (χ4v) is 1.78. The number of hydrogen-bond acceptors (Lipinski definition) is 1. The summed E-state index contributed by atoms with van der Waals surface area (Å²) >= 11 is 1.84. The molecular formula is C9H10F2IN. The van der Waals surface area contributed by atoms with E-state index in [4.69, 9.17) is 5.73 Å². The van der Waals surface area contributed by atoms with Gasteiger partial charge in [0.2, 0.25) is 0 Å². The van der Waals surface area contributed by atoms with E-state index >= 15 is 0 Å². The maximum absolute atomic E-state index is 13.0. The van der Waals surface area contributed by atoms with Gasteiger partial charge in [-0.2, -0.15) is 0 Å². The first-order valence-corrected chi connectivity index (χ1v) is 5.04. The summed E-state index contributed by atoms with van der Waals surface area (Å²) in [5.74, 6) is -1.11. The van der Waals surface area contributed by atoms with Gasteiger partial charge in [0.05, 0.1) is 3.57 Å². The lowest BCUT2D eigenvalue weighted by Gasteiger charge is -2.11. The van der Waals surface area contributed by atoms with Crippen LogP contribution in [0.4, 0.5) is 8.78 Å². The summed E-state index contributed by atoms with van der Waals surface area (Å²) in [6, 6.07) is 1.87. The normalized spacial score (nSPS) is 13.0. The van der Waals surface area contributed by atoms with Crippen LogP contribution in [0.25, 0.3) is 0 Å². The molecule has 0 bridgehead atoms. The molecule has 0 unspecified atom stereocenters. The Labute approximate surface area is 89.5 Å². The zero-order chi connectivity index (χ0) is 10.0. The molecule has 0 aliphatic carbocycles. The molecule has 0 fully saturated rings. The maximum atomic E-state index is 13.0. The Kier molecular flexibility index (Phi) is 3.61. The molecule has 0 radical (unpaired) electrons. The van der Waals surface area contributed by atoms with Gasteiger partial charge in [-0.25, -0.2) is 8.78 Å². The minimum absolute atomic E-state index is 0.294. The van der Waals surface area contributed by atoms with Gasteiger partial charge in [0.25, 0.3) is 0 Å². The molecule has 4 heteroatoms. The summed E-state index contributed by atoms with van der Waals surface area (Å²) in [4.78, 5) is 0. The van der Waals surface area contributed by atoms with Gasteiger partial charge in [-0.05, 0) is 40.6 Å². The van der Waals surface area contributed by atoms with Crippen molar-refractivity contribution in [1.29, 1.82) is 0 Å². The summed E-state index contributed by atoms with van der Waals surface area (Å²) < 4.78 is 26.2.